The van der Waals surface area contributed by atoms with Crippen LogP contribution < -0.4 is 0 Å². The Kier molecular flexibility index (Phi) is 3.17. The van der Waals surface area contributed by atoms with Crippen LogP contribution in [0.5, 0.6) is 0 Å². The van der Waals surface area contributed by atoms with Crippen LogP contribution in [0.2, 0.25) is 0 Å². The summed E-state index contributed by atoms with van der Waals surface area (Å²) in [5.74, 6) is 0.599. The van der Waals surface area contributed by atoms with Crippen LogP contribution in [0.4, 0.5) is 0 Å². The van der Waals surface area contributed by atoms with Crippen molar-refractivity contribution in [2.75, 3.05) is 0 Å². The van der Waals surface area contributed by atoms with Gasteiger partial charge in [-0.25, -0.2) is 0 Å². The number of carbonyl (C=O) groups is 1. The van der Waals surface area contributed by atoms with E-state index in [4.69, 9.17) is 9.68 Å². The Morgan fingerprint density at radius 1 is 1.75 bits per heavy atom. The monoisotopic (exact) mass is 179 g/mol. The Labute approximate surface area is 73.7 Å². The van der Waals surface area contributed by atoms with Crippen LogP contribution in [0.15, 0.2) is 28.9 Å². The predicted molar refractivity (Wildman–Crippen MR) is 46.0 cm³/mol. The molecule has 0 aliphatic carbocycles. The van der Waals surface area contributed by atoms with E-state index in [1.807, 2.05) is 0 Å². The molecule has 0 saturated carbocycles. The highest BCUT2D eigenvalue weighted by Crippen LogP contribution is 2.05. The van der Waals surface area contributed by atoms with E-state index in [-0.39, 0.29) is 5.12 Å². The van der Waals surface area contributed by atoms with Gasteiger partial charge in [0.1, 0.15) is 11.2 Å². The maximum Gasteiger partial charge on any atom is 0.226 e. The van der Waals surface area contributed by atoms with Crippen LogP contribution in [0.1, 0.15) is 5.76 Å². The molecule has 0 spiro atoms. The van der Waals surface area contributed by atoms with Crippen LogP contribution in [-0.4, -0.2) is 5.12 Å². The van der Waals surface area contributed by atoms with Crippen LogP contribution in [0.25, 0.3) is 6.08 Å². The number of furan rings is 1. The van der Waals surface area contributed by atoms with Crippen molar-refractivity contribution in [1.29, 1.82) is 5.26 Å². The summed E-state index contributed by atoms with van der Waals surface area (Å²) in [6, 6.07) is 3.45. The van der Waals surface area contributed by atoms with Gasteiger partial charge in [-0.05, 0) is 24.3 Å². The Morgan fingerprint density at radius 2 is 2.58 bits per heavy atom. The highest BCUT2D eigenvalue weighted by atomic mass is 32.2. The number of hydrogen-bond donors (Lipinski definition) is 0. The second-order valence-corrected chi connectivity index (χ2v) is 2.65. The van der Waals surface area contributed by atoms with Gasteiger partial charge in [-0.3, -0.25) is 4.79 Å². The zero-order chi connectivity index (χ0) is 8.81. The van der Waals surface area contributed by atoms with Gasteiger partial charge in [0.2, 0.25) is 5.12 Å². The molecule has 0 aromatic carbocycles. The first kappa shape index (κ1) is 8.62. The van der Waals surface area contributed by atoms with Gasteiger partial charge in [0.15, 0.2) is 0 Å². The first-order chi connectivity index (χ1) is 5.83. The van der Waals surface area contributed by atoms with Crippen molar-refractivity contribution in [3.8, 4) is 5.40 Å². The fourth-order valence-corrected chi connectivity index (χ4v) is 0.841. The quantitative estimate of drug-likeness (QED) is 0.515. The lowest BCUT2D eigenvalue weighted by atomic mass is 10.4. The zero-order valence-electron chi connectivity index (χ0n) is 6.06. The summed E-state index contributed by atoms with van der Waals surface area (Å²) in [6.07, 6.45) is 4.33. The van der Waals surface area contributed by atoms with Gasteiger partial charge in [-0.15, -0.1) is 0 Å². The fourth-order valence-electron chi connectivity index (χ4n) is 0.615. The number of nitrogens with zero attached hydrogens (tertiary/aromatic N) is 1. The minimum Gasteiger partial charge on any atom is -0.465 e. The van der Waals surface area contributed by atoms with Gasteiger partial charge < -0.3 is 4.42 Å². The molecule has 1 aromatic rings. The van der Waals surface area contributed by atoms with Crippen LogP contribution in [-0.2, 0) is 4.79 Å². The maximum atomic E-state index is 10.8. The van der Waals surface area contributed by atoms with Crippen LogP contribution in [0, 0.1) is 10.7 Å². The molecule has 0 radical (unpaired) electrons. The fraction of sp³-hybridized carbons (Fsp3) is 0. The SMILES string of the molecule is N#CSC(=O)/C=C\c1ccco1. The number of carbonyl (C=O) groups excluding carboxylic acids is 1. The minimum absolute atomic E-state index is 0.297. The lowest BCUT2D eigenvalue weighted by Gasteiger charge is -1.81. The van der Waals surface area contributed by atoms with E-state index in [1.54, 1.807) is 17.5 Å². The van der Waals surface area contributed by atoms with E-state index >= 15 is 0 Å². The molecule has 0 N–H and O–H groups in total. The Hall–Kier alpha value is -1.47. The lowest BCUT2D eigenvalue weighted by molar-refractivity contribution is -0.106. The van der Waals surface area contributed by atoms with E-state index < -0.39 is 0 Å². The van der Waals surface area contributed by atoms with E-state index in [1.165, 1.54) is 18.4 Å². The number of thioether (sulfide) groups is 1. The molecule has 0 saturated heterocycles. The summed E-state index contributed by atoms with van der Waals surface area (Å²) < 4.78 is 4.93. The molecule has 12 heavy (non-hydrogen) atoms. The van der Waals surface area contributed by atoms with Gasteiger partial charge in [0.05, 0.1) is 6.26 Å². The first-order valence-corrected chi connectivity index (χ1v) is 3.96. The first-order valence-electron chi connectivity index (χ1n) is 3.14. The van der Waals surface area contributed by atoms with E-state index in [2.05, 4.69) is 0 Å². The standard InChI is InChI=1S/C8H5NO2S/c9-6-12-8(10)4-3-7-2-1-5-11-7/h1-5H/b4-3-. The zero-order valence-corrected chi connectivity index (χ0v) is 6.88. The van der Waals surface area contributed by atoms with E-state index in [0.29, 0.717) is 17.5 Å². The summed E-state index contributed by atoms with van der Waals surface area (Å²) in [5, 5.41) is 9.51. The smallest absolute Gasteiger partial charge is 0.226 e. The van der Waals surface area contributed by atoms with Crippen molar-refractivity contribution in [2.45, 2.75) is 0 Å². The number of thiocyanates is 1. The predicted octanol–water partition coefficient (Wildman–Crippen LogP) is 2.03. The maximum absolute atomic E-state index is 10.8. The number of rotatable bonds is 2. The van der Waals surface area contributed by atoms with Crippen LogP contribution in [0.3, 0.4) is 0 Å². The molecule has 0 fully saturated rings. The summed E-state index contributed by atoms with van der Waals surface area (Å²) in [7, 11) is 0. The van der Waals surface area contributed by atoms with E-state index in [9.17, 15) is 4.79 Å². The van der Waals surface area contributed by atoms with Crippen molar-refractivity contribution in [3.05, 3.63) is 30.2 Å². The largest absolute Gasteiger partial charge is 0.465 e. The third kappa shape index (κ3) is 2.64. The van der Waals surface area contributed by atoms with E-state index in [0.717, 1.165) is 0 Å². The Balaban J connectivity index is 2.52. The minimum atomic E-state index is -0.297. The average molecular weight is 179 g/mol. The molecule has 0 amide bonds. The molecule has 1 rings (SSSR count). The van der Waals surface area contributed by atoms with Crippen molar-refractivity contribution >= 4 is 23.0 Å². The average Bonchev–Trinajstić information content (AvgIpc) is 2.53. The van der Waals surface area contributed by atoms with Gasteiger partial charge in [0, 0.05) is 11.8 Å². The van der Waals surface area contributed by atoms with Crippen molar-refractivity contribution < 1.29 is 9.21 Å². The molecule has 0 bridgehead atoms. The summed E-state index contributed by atoms with van der Waals surface area (Å²) in [5.41, 5.74) is 0. The second-order valence-electron chi connectivity index (χ2n) is 1.86. The molecule has 0 aliphatic heterocycles. The highest BCUT2D eigenvalue weighted by Gasteiger charge is 1.95. The third-order valence-corrected chi connectivity index (χ3v) is 1.50. The topological polar surface area (TPSA) is 54.0 Å². The summed E-state index contributed by atoms with van der Waals surface area (Å²) in [4.78, 5) is 10.8. The van der Waals surface area contributed by atoms with Crippen molar-refractivity contribution in [1.82, 2.24) is 0 Å². The molecule has 3 nitrogen and oxygen atoms in total. The van der Waals surface area contributed by atoms with Gasteiger partial charge >= 0.3 is 0 Å². The summed E-state index contributed by atoms with van der Waals surface area (Å²) >= 11 is 0.591. The normalized spacial score (nSPS) is 9.92. The summed E-state index contributed by atoms with van der Waals surface area (Å²) in [6.45, 7) is 0. The van der Waals surface area contributed by atoms with Crippen molar-refractivity contribution in [2.24, 2.45) is 0 Å². The molecule has 1 aromatic heterocycles. The molecule has 4 heteroatoms. The molecule has 0 unspecified atom stereocenters. The highest BCUT2D eigenvalue weighted by molar-refractivity contribution is 8.17. The van der Waals surface area contributed by atoms with Gasteiger partial charge in [-0.1, -0.05) is 0 Å². The van der Waals surface area contributed by atoms with Crippen LogP contribution >= 0.6 is 11.8 Å². The van der Waals surface area contributed by atoms with Gasteiger partial charge in [-0.2, -0.15) is 5.26 Å². The molecule has 0 aliphatic rings. The molecule has 1 heterocycles. The molecular formula is C8H5NO2S. The van der Waals surface area contributed by atoms with Gasteiger partial charge in [0.25, 0.3) is 0 Å². The second kappa shape index (κ2) is 4.42. The Morgan fingerprint density at radius 3 is 3.17 bits per heavy atom. The van der Waals surface area contributed by atoms with Crippen molar-refractivity contribution in [3.63, 3.8) is 0 Å². The third-order valence-electron chi connectivity index (χ3n) is 1.07. The number of nitriles is 1. The molecule has 60 valence electrons. The lowest BCUT2D eigenvalue weighted by Crippen LogP contribution is -1.79. The molecular weight excluding hydrogens is 174 g/mol. The number of hydrogen-bond acceptors (Lipinski definition) is 4. The molecule has 0 atom stereocenters. The Bertz CT molecular complexity index is 321.